The van der Waals surface area contributed by atoms with Crippen molar-refractivity contribution in [1.82, 2.24) is 5.32 Å². The monoisotopic (exact) mass is 666 g/mol. The Labute approximate surface area is 291 Å². The predicted octanol–water partition coefficient (Wildman–Crippen LogP) is 9.22. The van der Waals surface area contributed by atoms with Crippen molar-refractivity contribution < 1.29 is 24.2 Å². The average Bonchev–Trinajstić information content (AvgIpc) is 3.35. The van der Waals surface area contributed by atoms with Crippen LogP contribution in [0.15, 0.2) is 12.2 Å². The largest absolute Gasteiger partial charge is 0.481 e. The molecule has 270 valence electrons. The first kappa shape index (κ1) is 36.0. The van der Waals surface area contributed by atoms with Gasteiger partial charge < -0.3 is 15.2 Å². The number of aliphatic carboxylic acids is 1. The molecule has 0 saturated heterocycles. The number of ether oxygens (including phenoxy) is 1. The maximum absolute atomic E-state index is 13.8. The molecule has 0 bridgehead atoms. The third-order valence-corrected chi connectivity index (χ3v) is 17.1. The molecular weight excluding hydrogens is 598 g/mol. The molecule has 6 aliphatic rings. The van der Waals surface area contributed by atoms with Crippen molar-refractivity contribution in [2.45, 2.75) is 158 Å². The van der Waals surface area contributed by atoms with Crippen molar-refractivity contribution in [2.75, 3.05) is 0 Å². The molecule has 0 spiro atoms. The van der Waals surface area contributed by atoms with E-state index < -0.39 is 16.8 Å². The van der Waals surface area contributed by atoms with Crippen LogP contribution < -0.4 is 5.32 Å². The number of carbonyl (C=O) groups excluding carboxylic acids is 2. The van der Waals surface area contributed by atoms with Crippen molar-refractivity contribution in [3.63, 3.8) is 0 Å². The van der Waals surface area contributed by atoms with Crippen LogP contribution in [0.4, 0.5) is 0 Å². The van der Waals surface area contributed by atoms with Crippen molar-refractivity contribution in [3.8, 4) is 0 Å². The molecule has 4 unspecified atom stereocenters. The van der Waals surface area contributed by atoms with E-state index in [1.165, 1.54) is 5.57 Å². The minimum atomic E-state index is -0.590. The van der Waals surface area contributed by atoms with Gasteiger partial charge in [-0.15, -0.1) is 0 Å². The Balaban J connectivity index is 1.20. The summed E-state index contributed by atoms with van der Waals surface area (Å²) in [6, 6.07) is 0. The van der Waals surface area contributed by atoms with Gasteiger partial charge in [0.05, 0.1) is 11.3 Å². The van der Waals surface area contributed by atoms with E-state index in [4.69, 9.17) is 4.74 Å². The molecule has 0 aromatic heterocycles. The fraction of sp³-hybridized carbons (Fsp3) is 0.881. The topological polar surface area (TPSA) is 92.7 Å². The maximum Gasteiger partial charge on any atom is 0.309 e. The number of carboxylic acid groups (broad SMARTS) is 1. The number of rotatable bonds is 5. The Morgan fingerprint density at radius 1 is 0.771 bits per heavy atom. The number of amides is 1. The molecule has 6 aliphatic carbocycles. The van der Waals surface area contributed by atoms with E-state index in [1.54, 1.807) is 0 Å². The first-order valence-corrected chi connectivity index (χ1v) is 19.4. The highest BCUT2D eigenvalue weighted by atomic mass is 16.5. The summed E-state index contributed by atoms with van der Waals surface area (Å²) in [4.78, 5) is 39.8. The number of allylic oxidation sites excluding steroid dienone is 1. The van der Waals surface area contributed by atoms with Gasteiger partial charge in [-0.3, -0.25) is 14.4 Å². The third-order valence-electron chi connectivity index (χ3n) is 17.1. The predicted molar refractivity (Wildman–Crippen MR) is 190 cm³/mol. The molecule has 0 aromatic rings. The lowest BCUT2D eigenvalue weighted by Crippen LogP contribution is -2.67. The van der Waals surface area contributed by atoms with Gasteiger partial charge in [0.1, 0.15) is 6.10 Å². The molecular formula is C42H67NO5. The fourth-order valence-electron chi connectivity index (χ4n) is 14.1. The van der Waals surface area contributed by atoms with Crippen LogP contribution >= 0.6 is 0 Å². The van der Waals surface area contributed by atoms with Crippen LogP contribution in [-0.4, -0.2) is 34.6 Å². The SMILES string of the molecule is C=C(C)[C@@H]1CC[C@]2(C(=O)O)CC[C@]3(C)C(CC[C@@H]4[C@@]5(C)CC[C@H](OC(=O)C6CC(C(=O)NC(C)(C)C)C6(C)C)C(C)(C)[C@@H]5CC[C@]43C)C12. The lowest BCUT2D eigenvalue weighted by Gasteiger charge is -2.72. The van der Waals surface area contributed by atoms with Gasteiger partial charge in [0.15, 0.2) is 0 Å². The van der Waals surface area contributed by atoms with Crippen molar-refractivity contribution in [3.05, 3.63) is 12.2 Å². The van der Waals surface area contributed by atoms with Crippen LogP contribution in [0.5, 0.6) is 0 Å². The molecule has 6 rings (SSSR count). The minimum Gasteiger partial charge on any atom is -0.481 e. The Hall–Kier alpha value is -1.85. The highest BCUT2D eigenvalue weighted by Gasteiger charge is 2.72. The molecule has 1 amide bonds. The Bertz CT molecular complexity index is 1370. The van der Waals surface area contributed by atoms with Crippen LogP contribution in [0.25, 0.3) is 0 Å². The minimum absolute atomic E-state index is 0.0358. The number of fused-ring (bicyclic) bond motifs is 7. The molecule has 0 aromatic carbocycles. The van der Waals surface area contributed by atoms with E-state index in [0.29, 0.717) is 30.1 Å². The second-order valence-corrected chi connectivity index (χ2v) is 20.8. The summed E-state index contributed by atoms with van der Waals surface area (Å²) in [7, 11) is 0. The summed E-state index contributed by atoms with van der Waals surface area (Å²) >= 11 is 0. The molecule has 6 fully saturated rings. The number of hydrogen-bond acceptors (Lipinski definition) is 4. The van der Waals surface area contributed by atoms with Gasteiger partial charge in [-0.05, 0) is 150 Å². The second kappa shape index (κ2) is 11.1. The van der Waals surface area contributed by atoms with Gasteiger partial charge in [-0.25, -0.2) is 0 Å². The van der Waals surface area contributed by atoms with E-state index >= 15 is 0 Å². The van der Waals surface area contributed by atoms with Crippen LogP contribution in [0.3, 0.4) is 0 Å². The molecule has 48 heavy (non-hydrogen) atoms. The molecule has 12 atom stereocenters. The summed E-state index contributed by atoms with van der Waals surface area (Å²) in [6.45, 7) is 29.0. The first-order valence-electron chi connectivity index (χ1n) is 19.4. The molecule has 2 N–H and O–H groups in total. The van der Waals surface area contributed by atoms with E-state index in [0.717, 1.165) is 64.2 Å². The Morgan fingerprint density at radius 2 is 1.44 bits per heavy atom. The standard InChI is InChI=1S/C42H67NO5/c1-24(2)25-15-20-42(35(46)47)22-21-40(11)26(32(25)42)13-14-30-39(10)18-17-31(38(8,9)29(39)16-19-41(30,40)12)48-34(45)28-23-27(37(28,6)7)33(44)43-36(3,4)5/h25-32H,1,13-23H2,2-12H3,(H,43,44)(H,46,47)/t25-,26?,27?,28?,29-,30+,31-,32?,39-,40+,41+,42-/m0/s1. The molecule has 6 saturated carbocycles. The zero-order valence-corrected chi connectivity index (χ0v) is 32.2. The number of nitrogens with one attached hydrogen (secondary N) is 1. The maximum atomic E-state index is 13.8. The van der Waals surface area contributed by atoms with Gasteiger partial charge in [-0.2, -0.15) is 0 Å². The van der Waals surface area contributed by atoms with Crippen LogP contribution in [-0.2, 0) is 19.1 Å². The lowest BCUT2D eigenvalue weighted by molar-refractivity contribution is -0.252. The highest BCUT2D eigenvalue weighted by molar-refractivity contribution is 5.85. The summed E-state index contributed by atoms with van der Waals surface area (Å²) in [5.41, 5.74) is 0.0997. The van der Waals surface area contributed by atoms with E-state index in [1.807, 2.05) is 34.6 Å². The van der Waals surface area contributed by atoms with E-state index in [2.05, 4.69) is 53.4 Å². The molecule has 6 heteroatoms. The zero-order valence-electron chi connectivity index (χ0n) is 32.2. The van der Waals surface area contributed by atoms with Gasteiger partial charge in [0.25, 0.3) is 0 Å². The molecule has 0 radical (unpaired) electrons. The smallest absolute Gasteiger partial charge is 0.309 e. The third kappa shape index (κ3) is 4.85. The summed E-state index contributed by atoms with van der Waals surface area (Å²) < 4.78 is 6.52. The van der Waals surface area contributed by atoms with E-state index in [9.17, 15) is 19.5 Å². The Morgan fingerprint density at radius 3 is 2.02 bits per heavy atom. The van der Waals surface area contributed by atoms with Crippen LogP contribution in [0.1, 0.15) is 147 Å². The van der Waals surface area contributed by atoms with Crippen LogP contribution in [0, 0.1) is 73.9 Å². The second-order valence-electron chi connectivity index (χ2n) is 20.8. The van der Waals surface area contributed by atoms with Crippen molar-refractivity contribution in [2.24, 2.45) is 73.9 Å². The Kier molecular flexibility index (Phi) is 8.30. The first-order chi connectivity index (χ1) is 22.0. The number of esters is 1. The number of carbonyl (C=O) groups is 3. The van der Waals surface area contributed by atoms with Gasteiger partial charge in [0.2, 0.25) is 5.91 Å². The molecule has 0 heterocycles. The zero-order chi connectivity index (χ0) is 35.6. The number of hydrogen-bond donors (Lipinski definition) is 2. The van der Waals surface area contributed by atoms with Crippen LogP contribution in [0.2, 0.25) is 0 Å². The highest BCUT2D eigenvalue weighted by Crippen LogP contribution is 2.77. The van der Waals surface area contributed by atoms with Crippen molar-refractivity contribution >= 4 is 17.8 Å². The van der Waals surface area contributed by atoms with Gasteiger partial charge in [0, 0.05) is 16.9 Å². The average molecular weight is 666 g/mol. The van der Waals surface area contributed by atoms with Gasteiger partial charge >= 0.3 is 11.9 Å². The summed E-state index contributed by atoms with van der Waals surface area (Å²) in [6.07, 6.45) is 10.5. The number of carboxylic acids is 1. The lowest BCUT2D eigenvalue weighted by atomic mass is 9.32. The molecule has 0 aliphatic heterocycles. The quantitative estimate of drug-likeness (QED) is 0.226. The van der Waals surface area contributed by atoms with Gasteiger partial charge in [-0.1, -0.05) is 60.6 Å². The fourth-order valence-corrected chi connectivity index (χ4v) is 14.1. The van der Waals surface area contributed by atoms with Crippen molar-refractivity contribution in [1.29, 1.82) is 0 Å². The van der Waals surface area contributed by atoms with E-state index in [-0.39, 0.29) is 62.9 Å². The normalized spacial score (nSPS) is 47.2. The molecule has 6 nitrogen and oxygen atoms in total. The summed E-state index contributed by atoms with van der Waals surface area (Å²) in [5, 5.41) is 13.8. The summed E-state index contributed by atoms with van der Waals surface area (Å²) in [5.74, 6) is 0.841.